The third kappa shape index (κ3) is 12.8. The molecule has 0 fully saturated rings. The minimum absolute atomic E-state index is 0.0278. The summed E-state index contributed by atoms with van der Waals surface area (Å²) in [6, 6.07) is 31.8. The Labute approximate surface area is 297 Å². The zero-order valence-corrected chi connectivity index (χ0v) is 28.7. The molecule has 5 N–H and O–H groups in total. The Kier molecular flexibility index (Phi) is 14.4. The van der Waals surface area contributed by atoms with Gasteiger partial charge in [-0.3, -0.25) is 15.0 Å². The fourth-order valence-electron chi connectivity index (χ4n) is 4.87. The van der Waals surface area contributed by atoms with Crippen LogP contribution in [-0.4, -0.2) is 47.1 Å². The second-order valence-electron chi connectivity index (χ2n) is 12.1. The van der Waals surface area contributed by atoms with Crippen molar-refractivity contribution in [2.75, 3.05) is 6.54 Å². The van der Waals surface area contributed by atoms with Crippen LogP contribution < -0.4 is 26.2 Å². The summed E-state index contributed by atoms with van der Waals surface area (Å²) < 4.78 is 16.7. The molecule has 0 bridgehead atoms. The van der Waals surface area contributed by atoms with Crippen molar-refractivity contribution in [2.45, 2.75) is 64.5 Å². The van der Waals surface area contributed by atoms with E-state index in [1.165, 1.54) is 13.0 Å². The summed E-state index contributed by atoms with van der Waals surface area (Å²) in [6.45, 7) is 3.65. The second kappa shape index (κ2) is 19.3. The molecule has 0 aliphatic carbocycles. The number of nitrogens with one attached hydrogen (secondary N) is 4. The van der Waals surface area contributed by atoms with E-state index in [4.69, 9.17) is 14.2 Å². The van der Waals surface area contributed by atoms with E-state index in [1.54, 1.807) is 19.1 Å². The van der Waals surface area contributed by atoms with Crippen LogP contribution in [0.15, 0.2) is 109 Å². The van der Waals surface area contributed by atoms with Crippen molar-refractivity contribution in [1.82, 2.24) is 21.5 Å². The maximum Gasteiger partial charge on any atom is 0.408 e. The number of rotatable bonds is 18. The molecule has 268 valence electrons. The number of hydrazine groups is 1. The smallest absolute Gasteiger partial charge is 0.408 e. The van der Waals surface area contributed by atoms with E-state index in [9.17, 15) is 24.3 Å². The van der Waals surface area contributed by atoms with Gasteiger partial charge in [-0.1, -0.05) is 97.1 Å². The first kappa shape index (κ1) is 37.9. The molecule has 0 radical (unpaired) electrons. The Balaban J connectivity index is 1.28. The first-order valence-electron chi connectivity index (χ1n) is 16.6. The molecule has 0 spiro atoms. The molecule has 51 heavy (non-hydrogen) atoms. The van der Waals surface area contributed by atoms with Gasteiger partial charge >= 0.3 is 12.1 Å². The van der Waals surface area contributed by atoms with Gasteiger partial charge in [0, 0.05) is 19.4 Å². The van der Waals surface area contributed by atoms with Gasteiger partial charge in [0.1, 0.15) is 31.4 Å². The largest absolute Gasteiger partial charge is 0.504 e. The fourth-order valence-corrected chi connectivity index (χ4v) is 4.87. The number of aromatic hydroxyl groups is 1. The minimum atomic E-state index is -1.41. The maximum absolute atomic E-state index is 13.5. The Morgan fingerprint density at radius 2 is 1.31 bits per heavy atom. The number of ether oxygens (including phenoxy) is 3. The standard InChI is InChI=1S/C39H44N4O8/c1-28(41-38(48)51-27-31-17-10-5-11-18-31)36(46)40-22-12-19-35(45)42-43-39(2,37(47)50-26-30-15-8-4-9-16-30)24-32-20-21-33(44)34(23-32)49-25-29-13-6-3-7-14-29/h3-11,13-18,20-21,23,28,43-44H,12,19,22,24-27H2,1-2H3,(H,40,46)(H,41,48)(H,42,45)/t28-,39-/m0/s1. The minimum Gasteiger partial charge on any atom is -0.504 e. The van der Waals surface area contributed by atoms with E-state index in [-0.39, 0.29) is 50.7 Å². The predicted octanol–water partition coefficient (Wildman–Crippen LogP) is 4.85. The number of carbonyl (C=O) groups is 4. The normalized spacial score (nSPS) is 12.4. The molecule has 0 aliphatic rings. The van der Waals surface area contributed by atoms with Crippen molar-refractivity contribution in [3.8, 4) is 11.5 Å². The number of amides is 3. The third-order valence-corrected chi connectivity index (χ3v) is 7.78. The molecule has 4 aromatic rings. The molecule has 12 nitrogen and oxygen atoms in total. The Hall–Kier alpha value is -5.88. The summed E-state index contributed by atoms with van der Waals surface area (Å²) in [6.07, 6.45) is -0.322. The number of hydrogen-bond donors (Lipinski definition) is 5. The Bertz CT molecular complexity index is 1720. The van der Waals surface area contributed by atoms with E-state index in [0.29, 0.717) is 12.0 Å². The number of hydrogen-bond acceptors (Lipinski definition) is 9. The zero-order valence-electron chi connectivity index (χ0n) is 28.7. The SMILES string of the molecule is C[C@H](NC(=O)OCc1ccccc1)C(=O)NCCCC(=O)NN[C@@](C)(Cc1ccc(O)c(OCc2ccccc2)c1)C(=O)OCc1ccccc1. The monoisotopic (exact) mass is 696 g/mol. The highest BCUT2D eigenvalue weighted by atomic mass is 16.5. The van der Waals surface area contributed by atoms with Crippen molar-refractivity contribution in [3.63, 3.8) is 0 Å². The van der Waals surface area contributed by atoms with E-state index in [2.05, 4.69) is 21.5 Å². The third-order valence-electron chi connectivity index (χ3n) is 7.78. The van der Waals surface area contributed by atoms with E-state index in [0.717, 1.165) is 16.7 Å². The Morgan fingerprint density at radius 1 is 0.745 bits per heavy atom. The van der Waals surface area contributed by atoms with Crippen LogP contribution in [0.3, 0.4) is 0 Å². The molecule has 0 heterocycles. The Morgan fingerprint density at radius 3 is 1.92 bits per heavy atom. The highest BCUT2D eigenvalue weighted by molar-refractivity contribution is 5.85. The topological polar surface area (TPSA) is 164 Å². The van der Waals surface area contributed by atoms with Crippen molar-refractivity contribution < 1.29 is 38.5 Å². The molecule has 0 aliphatic heterocycles. The van der Waals surface area contributed by atoms with Crippen LogP contribution in [0.5, 0.6) is 11.5 Å². The van der Waals surface area contributed by atoms with Crippen LogP contribution in [0.4, 0.5) is 4.79 Å². The van der Waals surface area contributed by atoms with Crippen molar-refractivity contribution in [2.24, 2.45) is 0 Å². The summed E-state index contributed by atoms with van der Waals surface area (Å²) >= 11 is 0. The van der Waals surface area contributed by atoms with Gasteiger partial charge in [-0.05, 0) is 54.7 Å². The molecule has 4 rings (SSSR count). The van der Waals surface area contributed by atoms with Crippen LogP contribution >= 0.6 is 0 Å². The first-order valence-corrected chi connectivity index (χ1v) is 16.6. The van der Waals surface area contributed by atoms with Gasteiger partial charge in [0.05, 0.1) is 0 Å². The first-order chi connectivity index (χ1) is 24.6. The van der Waals surface area contributed by atoms with Gasteiger partial charge in [0.15, 0.2) is 11.5 Å². The average molecular weight is 697 g/mol. The van der Waals surface area contributed by atoms with Crippen LogP contribution in [0, 0.1) is 0 Å². The summed E-state index contributed by atoms with van der Waals surface area (Å²) in [4.78, 5) is 50.8. The molecule has 12 heteroatoms. The van der Waals surface area contributed by atoms with Crippen LogP contribution in [0.1, 0.15) is 48.9 Å². The lowest BCUT2D eigenvalue weighted by Crippen LogP contribution is -2.59. The predicted molar refractivity (Wildman–Crippen MR) is 190 cm³/mol. The van der Waals surface area contributed by atoms with Crippen LogP contribution in [-0.2, 0) is 50.1 Å². The van der Waals surface area contributed by atoms with Crippen molar-refractivity contribution in [3.05, 3.63) is 131 Å². The number of alkyl carbamates (subject to hydrolysis) is 1. The fraction of sp³-hybridized carbons (Fsp3) is 0.282. The highest BCUT2D eigenvalue weighted by Gasteiger charge is 2.36. The number of phenols is 1. The molecule has 0 aromatic heterocycles. The lowest BCUT2D eigenvalue weighted by atomic mass is 9.93. The summed E-state index contributed by atoms with van der Waals surface area (Å²) in [5, 5.41) is 15.6. The van der Waals surface area contributed by atoms with Gasteiger partial charge in [-0.25, -0.2) is 15.0 Å². The molecular formula is C39H44N4O8. The van der Waals surface area contributed by atoms with Crippen LogP contribution in [0.2, 0.25) is 0 Å². The molecule has 3 amide bonds. The molecular weight excluding hydrogens is 652 g/mol. The van der Waals surface area contributed by atoms with Gasteiger partial charge in [0.25, 0.3) is 0 Å². The second-order valence-corrected chi connectivity index (χ2v) is 12.1. The van der Waals surface area contributed by atoms with Gasteiger partial charge in [-0.2, -0.15) is 0 Å². The maximum atomic E-state index is 13.5. The molecule has 2 atom stereocenters. The van der Waals surface area contributed by atoms with Gasteiger partial charge in [-0.15, -0.1) is 0 Å². The molecule has 0 saturated heterocycles. The van der Waals surface area contributed by atoms with E-state index < -0.39 is 35.5 Å². The summed E-state index contributed by atoms with van der Waals surface area (Å²) in [7, 11) is 0. The van der Waals surface area contributed by atoms with E-state index >= 15 is 0 Å². The summed E-state index contributed by atoms with van der Waals surface area (Å²) in [5.41, 5.74) is 7.24. The molecule has 4 aromatic carbocycles. The van der Waals surface area contributed by atoms with Gasteiger partial charge in [0.2, 0.25) is 11.8 Å². The summed E-state index contributed by atoms with van der Waals surface area (Å²) in [5.74, 6) is -1.26. The average Bonchev–Trinajstić information content (AvgIpc) is 3.15. The van der Waals surface area contributed by atoms with Crippen LogP contribution in [0.25, 0.3) is 0 Å². The zero-order chi connectivity index (χ0) is 36.5. The molecule has 0 unspecified atom stereocenters. The molecule has 0 saturated carbocycles. The number of benzene rings is 4. The number of phenolic OH excluding ortho intramolecular Hbond substituents is 1. The highest BCUT2D eigenvalue weighted by Crippen LogP contribution is 2.29. The quantitative estimate of drug-likeness (QED) is 0.0556. The van der Waals surface area contributed by atoms with Crippen molar-refractivity contribution in [1.29, 1.82) is 0 Å². The van der Waals surface area contributed by atoms with E-state index in [1.807, 2.05) is 91.0 Å². The lowest BCUT2D eigenvalue weighted by molar-refractivity contribution is -0.153. The van der Waals surface area contributed by atoms with Gasteiger partial charge < -0.3 is 30.0 Å². The van der Waals surface area contributed by atoms with Crippen molar-refractivity contribution >= 4 is 23.9 Å². The number of carbonyl (C=O) groups excluding carboxylic acids is 4. The lowest BCUT2D eigenvalue weighted by Gasteiger charge is -2.29. The number of esters is 1.